The largest absolute Gasteiger partial charge is 0.358 e. The van der Waals surface area contributed by atoms with Crippen LogP contribution in [0.25, 0.3) is 0 Å². The monoisotopic (exact) mass is 448 g/mol. The van der Waals surface area contributed by atoms with E-state index >= 15 is 0 Å². The molecule has 174 valence electrons. The van der Waals surface area contributed by atoms with Gasteiger partial charge in [0.05, 0.1) is 43.8 Å². The highest BCUT2D eigenvalue weighted by atomic mass is 16.2. The number of likely N-dealkylation sites (N-methyl/N-ethyl adjacent to an activating group) is 1. The fourth-order valence-corrected chi connectivity index (χ4v) is 5.46. The Hall–Kier alpha value is -3.00. The first-order valence-corrected chi connectivity index (χ1v) is 11.9. The lowest BCUT2D eigenvalue weighted by Gasteiger charge is -2.35. The summed E-state index contributed by atoms with van der Waals surface area (Å²) in [5.74, 6) is 1.72. The van der Waals surface area contributed by atoms with E-state index in [1.165, 1.54) is 12.8 Å². The predicted molar refractivity (Wildman–Crippen MR) is 126 cm³/mol. The van der Waals surface area contributed by atoms with E-state index < -0.39 is 0 Å². The first-order valence-electron chi connectivity index (χ1n) is 11.9. The van der Waals surface area contributed by atoms with E-state index in [1.54, 1.807) is 6.20 Å². The number of rotatable bonds is 5. The number of fused-ring (bicyclic) bond motifs is 1. The number of nitrogens with one attached hydrogen (secondary N) is 1. The van der Waals surface area contributed by atoms with Gasteiger partial charge in [-0.3, -0.25) is 19.5 Å². The number of carbonyl (C=O) groups is 2. The molecular weight excluding hydrogens is 416 g/mol. The maximum atomic E-state index is 12.2. The zero-order chi connectivity index (χ0) is 22.9. The Morgan fingerprint density at radius 2 is 1.88 bits per heavy atom. The van der Waals surface area contributed by atoms with Crippen molar-refractivity contribution in [2.24, 2.45) is 5.92 Å². The van der Waals surface area contributed by atoms with Crippen LogP contribution in [0.15, 0.2) is 36.7 Å². The van der Waals surface area contributed by atoms with Crippen LogP contribution in [-0.4, -0.2) is 71.5 Å². The first-order chi connectivity index (χ1) is 16.0. The molecule has 33 heavy (non-hydrogen) atoms. The molecule has 3 aliphatic rings. The molecule has 2 aromatic rings. The van der Waals surface area contributed by atoms with Gasteiger partial charge in [0.1, 0.15) is 5.82 Å². The van der Waals surface area contributed by atoms with Crippen molar-refractivity contribution in [1.29, 1.82) is 0 Å². The number of nitrogens with zero attached hydrogens (tertiary/aromatic N) is 5. The van der Waals surface area contributed by atoms with Crippen molar-refractivity contribution in [2.45, 2.75) is 44.2 Å². The molecule has 2 aliphatic heterocycles. The lowest BCUT2D eigenvalue weighted by atomic mass is 9.85. The number of hydrogen-bond acceptors (Lipinski definition) is 6. The minimum atomic E-state index is -0.249. The van der Waals surface area contributed by atoms with Crippen molar-refractivity contribution in [3.05, 3.63) is 53.5 Å². The van der Waals surface area contributed by atoms with E-state index in [4.69, 9.17) is 0 Å². The van der Waals surface area contributed by atoms with Gasteiger partial charge in [-0.15, -0.1) is 0 Å². The second-order valence-electron chi connectivity index (χ2n) is 9.71. The van der Waals surface area contributed by atoms with Crippen LogP contribution < -0.4 is 10.2 Å². The van der Waals surface area contributed by atoms with E-state index in [2.05, 4.69) is 32.1 Å². The van der Waals surface area contributed by atoms with Gasteiger partial charge in [0.2, 0.25) is 11.8 Å². The fraction of sp³-hybridized carbons (Fsp3) is 0.520. The number of aromatic nitrogens is 2. The minimum absolute atomic E-state index is 0.0160. The Morgan fingerprint density at radius 3 is 2.58 bits per heavy atom. The van der Waals surface area contributed by atoms with Crippen LogP contribution in [-0.2, 0) is 16.0 Å². The summed E-state index contributed by atoms with van der Waals surface area (Å²) < 4.78 is 0. The molecule has 1 saturated heterocycles. The summed E-state index contributed by atoms with van der Waals surface area (Å²) in [5, 5.41) is 3.05. The molecule has 0 spiro atoms. The quantitative estimate of drug-likeness (QED) is 0.753. The second kappa shape index (κ2) is 9.09. The van der Waals surface area contributed by atoms with E-state index in [-0.39, 0.29) is 17.9 Å². The molecule has 1 aromatic heterocycles. The number of benzene rings is 1. The molecule has 1 aliphatic carbocycles. The highest BCUT2D eigenvalue weighted by Crippen LogP contribution is 2.31. The van der Waals surface area contributed by atoms with Gasteiger partial charge in [-0.1, -0.05) is 24.3 Å². The smallest absolute Gasteiger partial charge is 0.237 e. The molecule has 8 nitrogen and oxygen atoms in total. The van der Waals surface area contributed by atoms with E-state index in [9.17, 15) is 9.59 Å². The maximum Gasteiger partial charge on any atom is 0.237 e. The number of amides is 2. The molecule has 1 N–H and O–H groups in total. The molecule has 0 radical (unpaired) electrons. The molecular formula is C25H32N6O2. The summed E-state index contributed by atoms with van der Waals surface area (Å²) in [6.07, 6.45) is 8.64. The SMILES string of the molecule is CN1CN(C2CCC(CN(C)c3cnc(C4NC(=O)Cc5ccccc54)cn3)CC2)CC1=O. The molecule has 3 heterocycles. The summed E-state index contributed by atoms with van der Waals surface area (Å²) in [7, 11) is 3.96. The lowest BCUT2D eigenvalue weighted by molar-refractivity contribution is -0.125. The Balaban J connectivity index is 1.18. The van der Waals surface area contributed by atoms with Gasteiger partial charge in [-0.05, 0) is 42.7 Å². The third-order valence-electron chi connectivity index (χ3n) is 7.39. The van der Waals surface area contributed by atoms with Gasteiger partial charge in [-0.2, -0.15) is 0 Å². The minimum Gasteiger partial charge on any atom is -0.358 e. The van der Waals surface area contributed by atoms with Gasteiger partial charge < -0.3 is 15.1 Å². The summed E-state index contributed by atoms with van der Waals surface area (Å²) in [6.45, 7) is 2.28. The van der Waals surface area contributed by atoms with Crippen molar-refractivity contribution in [3.63, 3.8) is 0 Å². The number of carbonyl (C=O) groups excluding carboxylic acids is 2. The topological polar surface area (TPSA) is 81.7 Å². The van der Waals surface area contributed by atoms with Gasteiger partial charge in [-0.25, -0.2) is 4.98 Å². The van der Waals surface area contributed by atoms with Crippen molar-refractivity contribution in [2.75, 3.05) is 38.8 Å². The van der Waals surface area contributed by atoms with Gasteiger partial charge in [0.25, 0.3) is 0 Å². The zero-order valence-electron chi connectivity index (χ0n) is 19.4. The van der Waals surface area contributed by atoms with Crippen molar-refractivity contribution < 1.29 is 9.59 Å². The van der Waals surface area contributed by atoms with Crippen LogP contribution in [0.4, 0.5) is 5.82 Å². The van der Waals surface area contributed by atoms with Crippen LogP contribution >= 0.6 is 0 Å². The van der Waals surface area contributed by atoms with Crippen LogP contribution in [0, 0.1) is 5.92 Å². The molecule has 1 atom stereocenters. The molecule has 8 heteroatoms. The van der Waals surface area contributed by atoms with Crippen molar-refractivity contribution in [3.8, 4) is 0 Å². The highest BCUT2D eigenvalue weighted by molar-refractivity contribution is 5.82. The van der Waals surface area contributed by atoms with Crippen molar-refractivity contribution in [1.82, 2.24) is 25.1 Å². The fourth-order valence-electron chi connectivity index (χ4n) is 5.46. The first kappa shape index (κ1) is 21.8. The van der Waals surface area contributed by atoms with Crippen LogP contribution in [0.3, 0.4) is 0 Å². The van der Waals surface area contributed by atoms with E-state index in [1.807, 2.05) is 42.4 Å². The molecule has 1 aromatic carbocycles. The third kappa shape index (κ3) is 4.57. The van der Waals surface area contributed by atoms with Gasteiger partial charge >= 0.3 is 0 Å². The molecule has 0 bridgehead atoms. The average Bonchev–Trinajstić information content (AvgIpc) is 3.17. The Bertz CT molecular complexity index is 1020. The molecule has 1 saturated carbocycles. The Kier molecular flexibility index (Phi) is 6.01. The third-order valence-corrected chi connectivity index (χ3v) is 7.39. The van der Waals surface area contributed by atoms with Crippen LogP contribution in [0.5, 0.6) is 0 Å². The number of hydrogen-bond donors (Lipinski definition) is 1. The average molecular weight is 449 g/mol. The standard InChI is InChI=1S/C25H32N6O2/c1-29(14-17-7-9-19(10-8-17)31-15-24(33)30(2)16-31)22-13-26-21(12-27-22)25-20-6-4-3-5-18(20)11-23(32)28-25/h3-6,12-13,17,19,25H,7-11,14-16H2,1-2H3,(H,28,32). The van der Waals surface area contributed by atoms with Crippen molar-refractivity contribution >= 4 is 17.6 Å². The maximum absolute atomic E-state index is 12.2. The van der Waals surface area contributed by atoms with E-state index in [0.29, 0.717) is 24.9 Å². The van der Waals surface area contributed by atoms with E-state index in [0.717, 1.165) is 48.7 Å². The van der Waals surface area contributed by atoms with Gasteiger partial charge in [0.15, 0.2) is 0 Å². The molecule has 5 rings (SSSR count). The Labute approximate surface area is 195 Å². The lowest BCUT2D eigenvalue weighted by Crippen LogP contribution is -2.39. The summed E-state index contributed by atoms with van der Waals surface area (Å²) in [4.78, 5) is 39.7. The second-order valence-corrected chi connectivity index (χ2v) is 9.71. The molecule has 2 fully saturated rings. The van der Waals surface area contributed by atoms with Crippen LogP contribution in [0.1, 0.15) is 48.5 Å². The summed E-state index contributed by atoms with van der Waals surface area (Å²) in [6, 6.07) is 8.29. The molecule has 1 unspecified atom stereocenters. The highest BCUT2D eigenvalue weighted by Gasteiger charge is 2.33. The molecule has 2 amide bonds. The normalized spacial score (nSPS) is 25.6. The zero-order valence-corrected chi connectivity index (χ0v) is 19.4. The summed E-state index contributed by atoms with van der Waals surface area (Å²) >= 11 is 0. The predicted octanol–water partition coefficient (Wildman–Crippen LogP) is 1.96. The Morgan fingerprint density at radius 1 is 1.09 bits per heavy atom. The van der Waals surface area contributed by atoms with Crippen LogP contribution in [0.2, 0.25) is 0 Å². The summed E-state index contributed by atoms with van der Waals surface area (Å²) in [5.41, 5.74) is 2.91. The van der Waals surface area contributed by atoms with Gasteiger partial charge in [0, 0.05) is 26.7 Å². The number of anilines is 1.